The van der Waals surface area contributed by atoms with Crippen LogP contribution in [0, 0.1) is 11.6 Å². The minimum atomic E-state index is -0.641. The Kier molecular flexibility index (Phi) is 6.72. The summed E-state index contributed by atoms with van der Waals surface area (Å²) in [5, 5.41) is 0. The number of rotatable bonds is 7. The zero-order chi connectivity index (χ0) is 25.8. The molecule has 0 bridgehead atoms. The van der Waals surface area contributed by atoms with E-state index in [9.17, 15) is 13.6 Å². The molecule has 184 valence electrons. The van der Waals surface area contributed by atoms with Crippen LogP contribution in [-0.2, 0) is 13.0 Å². The third-order valence-corrected chi connectivity index (χ3v) is 5.81. The SMILES string of the molecule is Nc1cc(Oc2ccc(-c3cnc(Cc4ccc(F)cc4)n(Cc4ccccc4)c3=O)cc2F)ccn1. The maximum Gasteiger partial charge on any atom is 0.261 e. The van der Waals surface area contributed by atoms with E-state index in [0.29, 0.717) is 23.6 Å². The van der Waals surface area contributed by atoms with Gasteiger partial charge in [0.25, 0.3) is 5.56 Å². The van der Waals surface area contributed by atoms with Crippen LogP contribution in [0.25, 0.3) is 11.1 Å². The molecular weight excluding hydrogens is 474 g/mol. The molecule has 0 radical (unpaired) electrons. The Morgan fingerprint density at radius 1 is 0.865 bits per heavy atom. The van der Waals surface area contributed by atoms with E-state index < -0.39 is 5.82 Å². The first-order valence-corrected chi connectivity index (χ1v) is 11.5. The van der Waals surface area contributed by atoms with Gasteiger partial charge in [0.1, 0.15) is 23.2 Å². The zero-order valence-corrected chi connectivity index (χ0v) is 19.6. The fourth-order valence-electron chi connectivity index (χ4n) is 3.95. The molecule has 0 amide bonds. The average molecular weight is 497 g/mol. The number of halogens is 2. The first-order chi connectivity index (χ1) is 18.0. The zero-order valence-electron chi connectivity index (χ0n) is 19.6. The van der Waals surface area contributed by atoms with Gasteiger partial charge in [-0.2, -0.15) is 0 Å². The number of hydrogen-bond acceptors (Lipinski definition) is 5. The normalized spacial score (nSPS) is 10.9. The van der Waals surface area contributed by atoms with Gasteiger partial charge in [-0.25, -0.2) is 18.7 Å². The highest BCUT2D eigenvalue weighted by Crippen LogP contribution is 2.28. The molecule has 8 heteroatoms. The number of ether oxygens (including phenoxy) is 1. The molecule has 5 aromatic rings. The molecule has 5 rings (SSSR count). The third-order valence-electron chi connectivity index (χ3n) is 5.81. The van der Waals surface area contributed by atoms with Gasteiger partial charge in [-0.15, -0.1) is 0 Å². The molecule has 0 atom stereocenters. The maximum atomic E-state index is 15.0. The molecule has 3 aromatic carbocycles. The molecule has 2 N–H and O–H groups in total. The van der Waals surface area contributed by atoms with E-state index in [0.717, 1.165) is 11.1 Å². The topological polar surface area (TPSA) is 83.0 Å². The average Bonchev–Trinajstić information content (AvgIpc) is 2.89. The van der Waals surface area contributed by atoms with E-state index >= 15 is 0 Å². The summed E-state index contributed by atoms with van der Waals surface area (Å²) in [6.07, 6.45) is 3.24. The van der Waals surface area contributed by atoms with Crippen LogP contribution < -0.4 is 16.0 Å². The third kappa shape index (κ3) is 5.54. The van der Waals surface area contributed by atoms with E-state index in [-0.39, 0.29) is 35.1 Å². The number of benzene rings is 3. The highest BCUT2D eigenvalue weighted by molar-refractivity contribution is 5.63. The number of nitrogens with two attached hydrogens (primary N) is 1. The van der Waals surface area contributed by atoms with Crippen LogP contribution in [0.15, 0.2) is 102 Å². The number of aromatic nitrogens is 3. The lowest BCUT2D eigenvalue weighted by atomic mass is 10.1. The molecule has 37 heavy (non-hydrogen) atoms. The van der Waals surface area contributed by atoms with Crippen molar-refractivity contribution in [3.8, 4) is 22.6 Å². The lowest BCUT2D eigenvalue weighted by molar-refractivity contribution is 0.442. The van der Waals surface area contributed by atoms with Gasteiger partial charge in [0.05, 0.1) is 12.1 Å². The molecule has 0 unspecified atom stereocenters. The standard InChI is InChI=1S/C29H22F2N4O2/c30-22-9-6-19(7-10-22)14-28-34-17-24(29(36)35(28)18-20-4-2-1-3-5-20)21-8-11-26(25(31)15-21)37-23-12-13-33-27(32)16-23/h1-13,15-17H,14,18H2,(H2,32,33). The molecule has 0 saturated carbocycles. The molecule has 2 heterocycles. The van der Waals surface area contributed by atoms with Gasteiger partial charge < -0.3 is 10.5 Å². The van der Waals surface area contributed by atoms with Crippen molar-refractivity contribution >= 4 is 5.82 Å². The van der Waals surface area contributed by atoms with Crippen molar-refractivity contribution in [3.05, 3.63) is 136 Å². The minimum absolute atomic E-state index is 0.0140. The summed E-state index contributed by atoms with van der Waals surface area (Å²) in [4.78, 5) is 22.1. The van der Waals surface area contributed by atoms with Crippen molar-refractivity contribution in [2.45, 2.75) is 13.0 Å². The maximum absolute atomic E-state index is 15.0. The van der Waals surface area contributed by atoms with Crippen LogP contribution in [0.5, 0.6) is 11.5 Å². The first kappa shape index (κ1) is 23.9. The second-order valence-electron chi connectivity index (χ2n) is 8.43. The lowest BCUT2D eigenvalue weighted by Crippen LogP contribution is -2.27. The van der Waals surface area contributed by atoms with Gasteiger partial charge in [-0.05, 0) is 47.0 Å². The van der Waals surface area contributed by atoms with Crippen molar-refractivity contribution in [1.29, 1.82) is 0 Å². The Hall–Kier alpha value is -4.85. The van der Waals surface area contributed by atoms with Crippen molar-refractivity contribution < 1.29 is 13.5 Å². The second-order valence-corrected chi connectivity index (χ2v) is 8.43. The van der Waals surface area contributed by atoms with E-state index in [4.69, 9.17) is 10.5 Å². The first-order valence-electron chi connectivity index (χ1n) is 11.5. The fourth-order valence-corrected chi connectivity index (χ4v) is 3.95. The molecule has 0 aliphatic heterocycles. The summed E-state index contributed by atoms with van der Waals surface area (Å²) in [6, 6.07) is 22.9. The highest BCUT2D eigenvalue weighted by atomic mass is 19.1. The predicted molar refractivity (Wildman–Crippen MR) is 137 cm³/mol. The van der Waals surface area contributed by atoms with Gasteiger partial charge in [-0.3, -0.25) is 9.36 Å². The van der Waals surface area contributed by atoms with Gasteiger partial charge in [0, 0.05) is 24.9 Å². The Labute approximate surface area is 211 Å². The monoisotopic (exact) mass is 496 g/mol. The van der Waals surface area contributed by atoms with Crippen LogP contribution in [0.3, 0.4) is 0 Å². The van der Waals surface area contributed by atoms with Crippen molar-refractivity contribution in [3.63, 3.8) is 0 Å². The van der Waals surface area contributed by atoms with Crippen LogP contribution >= 0.6 is 0 Å². The fraction of sp³-hybridized carbons (Fsp3) is 0.0690. The second kappa shape index (κ2) is 10.4. The minimum Gasteiger partial charge on any atom is -0.454 e. The quantitative estimate of drug-likeness (QED) is 0.317. The molecule has 0 aliphatic carbocycles. The predicted octanol–water partition coefficient (Wildman–Crippen LogP) is 5.60. The summed E-state index contributed by atoms with van der Waals surface area (Å²) in [6.45, 7) is 0.282. The Balaban J connectivity index is 1.51. The van der Waals surface area contributed by atoms with Crippen LogP contribution in [0.4, 0.5) is 14.6 Å². The summed E-state index contributed by atoms with van der Waals surface area (Å²) in [5.74, 6) is 0.115. The molecular formula is C29H22F2N4O2. The highest BCUT2D eigenvalue weighted by Gasteiger charge is 2.16. The number of pyridine rings is 1. The Bertz CT molecular complexity index is 1600. The molecule has 0 saturated heterocycles. The summed E-state index contributed by atoms with van der Waals surface area (Å²) in [7, 11) is 0. The smallest absolute Gasteiger partial charge is 0.261 e. The van der Waals surface area contributed by atoms with Gasteiger partial charge in [0.15, 0.2) is 11.6 Å². The van der Waals surface area contributed by atoms with Crippen molar-refractivity contribution in [2.24, 2.45) is 0 Å². The van der Waals surface area contributed by atoms with E-state index in [2.05, 4.69) is 9.97 Å². The van der Waals surface area contributed by atoms with E-state index in [1.165, 1.54) is 42.7 Å². The summed E-state index contributed by atoms with van der Waals surface area (Å²) >= 11 is 0. The largest absolute Gasteiger partial charge is 0.454 e. The Morgan fingerprint density at radius 2 is 1.65 bits per heavy atom. The number of anilines is 1. The number of hydrogen-bond donors (Lipinski definition) is 1. The molecule has 2 aromatic heterocycles. The van der Waals surface area contributed by atoms with E-state index in [1.54, 1.807) is 28.8 Å². The number of nitrogen functional groups attached to an aromatic ring is 1. The van der Waals surface area contributed by atoms with Crippen molar-refractivity contribution in [1.82, 2.24) is 14.5 Å². The molecule has 0 fully saturated rings. The Morgan fingerprint density at radius 3 is 2.38 bits per heavy atom. The van der Waals surface area contributed by atoms with Crippen LogP contribution in [-0.4, -0.2) is 14.5 Å². The molecule has 0 aliphatic rings. The lowest BCUT2D eigenvalue weighted by Gasteiger charge is -2.15. The van der Waals surface area contributed by atoms with Crippen LogP contribution in [0.1, 0.15) is 17.0 Å². The molecule has 6 nitrogen and oxygen atoms in total. The van der Waals surface area contributed by atoms with Crippen LogP contribution in [0.2, 0.25) is 0 Å². The summed E-state index contributed by atoms with van der Waals surface area (Å²) < 4.78 is 35.5. The van der Waals surface area contributed by atoms with Gasteiger partial charge >= 0.3 is 0 Å². The van der Waals surface area contributed by atoms with E-state index in [1.807, 2.05) is 30.3 Å². The van der Waals surface area contributed by atoms with Crippen molar-refractivity contribution in [2.75, 3.05) is 5.73 Å². The number of nitrogens with zero attached hydrogens (tertiary/aromatic N) is 3. The van der Waals surface area contributed by atoms with Gasteiger partial charge in [0.2, 0.25) is 0 Å². The summed E-state index contributed by atoms with van der Waals surface area (Å²) in [5.41, 5.74) is 7.68. The molecule has 0 spiro atoms. The van der Waals surface area contributed by atoms with Gasteiger partial charge in [-0.1, -0.05) is 48.5 Å².